The number of ether oxygens (including phenoxy) is 1. The normalized spacial score (nSPS) is 12.9. The van der Waals surface area contributed by atoms with Gasteiger partial charge in [-0.15, -0.1) is 0 Å². The Balaban J connectivity index is 3.11. The Bertz CT molecular complexity index is 382. The van der Waals surface area contributed by atoms with Crippen LogP contribution in [0.25, 0.3) is 0 Å². The van der Waals surface area contributed by atoms with E-state index in [2.05, 4.69) is 51.7 Å². The van der Waals surface area contributed by atoms with E-state index < -0.39 is 0 Å². The molecular formula is C12H20IN3O. The van der Waals surface area contributed by atoms with Gasteiger partial charge in [-0.1, -0.05) is 13.8 Å². The van der Waals surface area contributed by atoms with Crippen LogP contribution in [0.5, 0.6) is 0 Å². The molecule has 0 radical (unpaired) electrons. The predicted molar refractivity (Wildman–Crippen MR) is 78.6 cm³/mol. The summed E-state index contributed by atoms with van der Waals surface area (Å²) in [4.78, 5) is 9.14. The van der Waals surface area contributed by atoms with Crippen LogP contribution in [0.1, 0.15) is 38.2 Å². The highest BCUT2D eigenvalue weighted by Gasteiger charge is 2.15. The van der Waals surface area contributed by atoms with Crippen LogP contribution in [-0.4, -0.2) is 30.2 Å². The molecule has 0 amide bonds. The monoisotopic (exact) mass is 349 g/mol. The lowest BCUT2D eigenvalue weighted by Crippen LogP contribution is -2.15. The molecule has 0 saturated heterocycles. The van der Waals surface area contributed by atoms with Gasteiger partial charge in [0.05, 0.1) is 15.4 Å². The molecule has 0 aromatic carbocycles. The quantitative estimate of drug-likeness (QED) is 0.831. The first-order valence-electron chi connectivity index (χ1n) is 5.76. The molecule has 0 spiro atoms. The zero-order chi connectivity index (χ0) is 13.0. The van der Waals surface area contributed by atoms with E-state index in [1.54, 1.807) is 7.11 Å². The van der Waals surface area contributed by atoms with Crippen molar-refractivity contribution in [3.63, 3.8) is 0 Å². The summed E-state index contributed by atoms with van der Waals surface area (Å²) in [6.07, 6.45) is 0.877. The fraction of sp³-hybridized carbons (Fsp3) is 0.667. The van der Waals surface area contributed by atoms with E-state index in [4.69, 9.17) is 4.74 Å². The number of aromatic nitrogens is 2. The Hall–Kier alpha value is -0.430. The van der Waals surface area contributed by atoms with Crippen LogP contribution < -0.4 is 5.32 Å². The summed E-state index contributed by atoms with van der Waals surface area (Å²) >= 11 is 2.30. The molecule has 0 saturated carbocycles. The van der Waals surface area contributed by atoms with Gasteiger partial charge in [0.25, 0.3) is 0 Å². The fourth-order valence-electron chi connectivity index (χ4n) is 1.49. The number of anilines is 1. The summed E-state index contributed by atoms with van der Waals surface area (Å²) in [6, 6.07) is 0. The van der Waals surface area contributed by atoms with E-state index in [-0.39, 0.29) is 6.10 Å². The number of hydrogen-bond donors (Lipinski definition) is 1. The van der Waals surface area contributed by atoms with Crippen molar-refractivity contribution >= 4 is 28.4 Å². The molecule has 0 bridgehead atoms. The molecule has 0 aliphatic heterocycles. The van der Waals surface area contributed by atoms with Gasteiger partial charge in [-0.3, -0.25) is 0 Å². The highest BCUT2D eigenvalue weighted by Crippen LogP contribution is 2.25. The second-order valence-corrected chi connectivity index (χ2v) is 5.42. The van der Waals surface area contributed by atoms with E-state index in [0.717, 1.165) is 27.3 Å². The molecule has 4 nitrogen and oxygen atoms in total. The minimum Gasteiger partial charge on any atom is -0.381 e. The van der Waals surface area contributed by atoms with Gasteiger partial charge in [0, 0.05) is 20.6 Å². The third-order valence-electron chi connectivity index (χ3n) is 2.58. The predicted octanol–water partition coefficient (Wildman–Crippen LogP) is 2.82. The van der Waals surface area contributed by atoms with Crippen LogP contribution >= 0.6 is 22.6 Å². The van der Waals surface area contributed by atoms with Crippen molar-refractivity contribution in [3.8, 4) is 0 Å². The number of nitrogens with one attached hydrogen (secondary N) is 1. The van der Waals surface area contributed by atoms with Crippen molar-refractivity contribution in [2.45, 2.75) is 39.2 Å². The van der Waals surface area contributed by atoms with Gasteiger partial charge in [-0.2, -0.15) is 0 Å². The van der Waals surface area contributed by atoms with Gasteiger partial charge in [0.15, 0.2) is 0 Å². The highest BCUT2D eigenvalue weighted by atomic mass is 127. The van der Waals surface area contributed by atoms with Gasteiger partial charge in [-0.25, -0.2) is 9.97 Å². The minimum atomic E-state index is 0.139. The number of halogens is 1. The molecule has 1 atom stereocenters. The summed E-state index contributed by atoms with van der Waals surface area (Å²) in [5.74, 6) is 2.14. The number of hydrogen-bond acceptors (Lipinski definition) is 4. The zero-order valence-corrected chi connectivity index (χ0v) is 13.2. The molecular weight excluding hydrogens is 329 g/mol. The van der Waals surface area contributed by atoms with Gasteiger partial charge in [0.2, 0.25) is 0 Å². The van der Waals surface area contributed by atoms with Crippen LogP contribution in [0, 0.1) is 3.57 Å². The summed E-state index contributed by atoms with van der Waals surface area (Å²) in [7, 11) is 3.60. The Labute approximate surface area is 117 Å². The Morgan fingerprint density at radius 1 is 1.29 bits per heavy atom. The molecule has 96 valence electrons. The molecule has 0 aliphatic carbocycles. The molecule has 1 heterocycles. The number of methoxy groups -OCH3 is 1. The van der Waals surface area contributed by atoms with E-state index in [9.17, 15) is 0 Å². The standard InChI is InChI=1S/C12H20IN3O/c1-7(2)11-10(13)12(14-4)16-9(15-11)6-8(3)17-5/h7-8H,6H2,1-5H3,(H,14,15,16). The smallest absolute Gasteiger partial charge is 0.143 e. The van der Waals surface area contributed by atoms with Gasteiger partial charge in [0.1, 0.15) is 11.6 Å². The highest BCUT2D eigenvalue weighted by molar-refractivity contribution is 14.1. The van der Waals surface area contributed by atoms with Crippen LogP contribution in [0.3, 0.4) is 0 Å². The maximum atomic E-state index is 5.26. The van der Waals surface area contributed by atoms with Crippen molar-refractivity contribution in [3.05, 3.63) is 15.1 Å². The molecule has 1 aromatic rings. The second-order valence-electron chi connectivity index (χ2n) is 4.34. The molecule has 5 heteroatoms. The van der Waals surface area contributed by atoms with Crippen LogP contribution in [0.4, 0.5) is 5.82 Å². The molecule has 1 N–H and O–H groups in total. The molecule has 0 fully saturated rings. The Kier molecular flexibility index (Phi) is 5.58. The van der Waals surface area contributed by atoms with Crippen molar-refractivity contribution in [1.82, 2.24) is 9.97 Å². The molecule has 1 rings (SSSR count). The maximum absolute atomic E-state index is 5.26. The minimum absolute atomic E-state index is 0.139. The van der Waals surface area contributed by atoms with E-state index in [1.807, 2.05) is 14.0 Å². The second kappa shape index (κ2) is 6.49. The van der Waals surface area contributed by atoms with Crippen molar-refractivity contribution in [2.24, 2.45) is 0 Å². The third kappa shape index (κ3) is 3.77. The van der Waals surface area contributed by atoms with Crippen molar-refractivity contribution in [1.29, 1.82) is 0 Å². The summed E-state index contributed by atoms with van der Waals surface area (Å²) in [5, 5.41) is 3.12. The lowest BCUT2D eigenvalue weighted by Gasteiger charge is -2.15. The molecule has 0 aliphatic rings. The van der Waals surface area contributed by atoms with E-state index >= 15 is 0 Å². The first-order valence-corrected chi connectivity index (χ1v) is 6.84. The zero-order valence-electron chi connectivity index (χ0n) is 11.0. The average molecular weight is 349 g/mol. The Morgan fingerprint density at radius 2 is 1.94 bits per heavy atom. The summed E-state index contributed by atoms with van der Waals surface area (Å²) in [6.45, 7) is 6.32. The van der Waals surface area contributed by atoms with Crippen molar-refractivity contribution < 1.29 is 4.74 Å². The molecule has 17 heavy (non-hydrogen) atoms. The fourth-order valence-corrected chi connectivity index (χ4v) is 2.63. The Morgan fingerprint density at radius 3 is 2.41 bits per heavy atom. The van der Waals surface area contributed by atoms with Crippen LogP contribution in [0.15, 0.2) is 0 Å². The van der Waals surface area contributed by atoms with Gasteiger partial charge in [-0.05, 0) is 35.4 Å². The van der Waals surface area contributed by atoms with Gasteiger partial charge >= 0.3 is 0 Å². The number of rotatable bonds is 5. The van der Waals surface area contributed by atoms with E-state index in [0.29, 0.717) is 5.92 Å². The van der Waals surface area contributed by atoms with Crippen LogP contribution in [-0.2, 0) is 11.2 Å². The summed E-state index contributed by atoms with van der Waals surface area (Å²) in [5.41, 5.74) is 1.10. The van der Waals surface area contributed by atoms with Gasteiger partial charge < -0.3 is 10.1 Å². The molecule has 1 aromatic heterocycles. The van der Waals surface area contributed by atoms with Crippen molar-refractivity contribution in [2.75, 3.05) is 19.5 Å². The first kappa shape index (κ1) is 14.6. The van der Waals surface area contributed by atoms with Crippen LogP contribution in [0.2, 0.25) is 0 Å². The SMILES string of the molecule is CNc1nc(CC(C)OC)nc(C(C)C)c1I. The third-order valence-corrected chi connectivity index (χ3v) is 3.64. The largest absolute Gasteiger partial charge is 0.381 e. The lowest BCUT2D eigenvalue weighted by molar-refractivity contribution is 0.117. The average Bonchev–Trinajstić information content (AvgIpc) is 2.30. The summed E-state index contributed by atoms with van der Waals surface area (Å²) < 4.78 is 6.36. The van der Waals surface area contributed by atoms with E-state index in [1.165, 1.54) is 0 Å². The maximum Gasteiger partial charge on any atom is 0.143 e. The molecule has 1 unspecified atom stereocenters. The lowest BCUT2D eigenvalue weighted by atomic mass is 10.1. The topological polar surface area (TPSA) is 47.0 Å². The number of nitrogens with zero attached hydrogens (tertiary/aromatic N) is 2. The first-order chi connectivity index (χ1) is 7.99.